The quantitative estimate of drug-likeness (QED) is 0.853. The highest BCUT2D eigenvalue weighted by atomic mass is 19.1. The van der Waals surface area contributed by atoms with Gasteiger partial charge in [-0.15, -0.1) is 0 Å². The molecular weight excluding hydrogens is 295 g/mol. The molecule has 2 N–H and O–H groups in total. The Labute approximate surface area is 135 Å². The van der Waals surface area contributed by atoms with Crippen LogP contribution in [0.4, 0.5) is 10.1 Å². The predicted molar refractivity (Wildman–Crippen MR) is 88.2 cm³/mol. The van der Waals surface area contributed by atoms with Crippen LogP contribution in [0.3, 0.4) is 0 Å². The number of rotatable bonds is 6. The summed E-state index contributed by atoms with van der Waals surface area (Å²) in [6.45, 7) is 2.78. The fourth-order valence-electron chi connectivity index (χ4n) is 2.39. The van der Waals surface area contributed by atoms with Gasteiger partial charge >= 0.3 is 0 Å². The second kappa shape index (κ2) is 7.74. The van der Waals surface area contributed by atoms with E-state index in [2.05, 4.69) is 5.32 Å². The van der Waals surface area contributed by atoms with Crippen LogP contribution in [0.1, 0.15) is 11.1 Å². The lowest BCUT2D eigenvalue weighted by molar-refractivity contribution is -0.885. The minimum Gasteiger partial charge on any atom is -0.496 e. The average Bonchev–Trinajstić information content (AvgIpc) is 2.49. The van der Waals surface area contributed by atoms with Crippen LogP contribution in [0.2, 0.25) is 0 Å². The number of hydrogen-bond donors (Lipinski definition) is 2. The van der Waals surface area contributed by atoms with Crippen LogP contribution >= 0.6 is 0 Å². The second-order valence-corrected chi connectivity index (χ2v) is 5.68. The van der Waals surface area contributed by atoms with Crippen LogP contribution in [0, 0.1) is 12.7 Å². The van der Waals surface area contributed by atoms with Crippen LogP contribution < -0.4 is 15.0 Å². The molecule has 0 saturated heterocycles. The summed E-state index contributed by atoms with van der Waals surface area (Å²) in [7, 11) is 3.44. The monoisotopic (exact) mass is 317 g/mol. The summed E-state index contributed by atoms with van der Waals surface area (Å²) in [6, 6.07) is 12.1. The van der Waals surface area contributed by atoms with Gasteiger partial charge in [0.2, 0.25) is 0 Å². The molecule has 0 radical (unpaired) electrons. The molecule has 0 aromatic heterocycles. The maximum absolute atomic E-state index is 13.4. The normalized spacial score (nSPS) is 11.8. The minimum atomic E-state index is -0.308. The lowest BCUT2D eigenvalue weighted by Gasteiger charge is -2.16. The van der Waals surface area contributed by atoms with Crippen molar-refractivity contribution in [1.29, 1.82) is 0 Å². The third-order valence-electron chi connectivity index (χ3n) is 3.53. The first kappa shape index (κ1) is 17.0. The molecule has 4 nitrogen and oxygen atoms in total. The summed E-state index contributed by atoms with van der Waals surface area (Å²) in [6.07, 6.45) is 0. The average molecular weight is 317 g/mol. The van der Waals surface area contributed by atoms with E-state index in [4.69, 9.17) is 4.74 Å². The highest BCUT2D eigenvalue weighted by Gasteiger charge is 2.14. The number of quaternary nitrogens is 1. The van der Waals surface area contributed by atoms with Gasteiger partial charge in [-0.2, -0.15) is 0 Å². The van der Waals surface area contributed by atoms with E-state index in [0.717, 1.165) is 21.7 Å². The SMILES string of the molecule is COc1ccc(F)cc1C[NH+](C)CC(=O)Nc1ccc(C)cc1. The molecule has 0 aliphatic carbocycles. The summed E-state index contributed by atoms with van der Waals surface area (Å²) in [4.78, 5) is 13.0. The summed E-state index contributed by atoms with van der Waals surface area (Å²) in [5.74, 6) is 0.240. The maximum Gasteiger partial charge on any atom is 0.279 e. The van der Waals surface area contributed by atoms with Gasteiger partial charge in [0.15, 0.2) is 6.54 Å². The van der Waals surface area contributed by atoms with Crippen molar-refractivity contribution in [1.82, 2.24) is 0 Å². The molecule has 23 heavy (non-hydrogen) atoms. The van der Waals surface area contributed by atoms with Crippen molar-refractivity contribution in [3.05, 3.63) is 59.4 Å². The van der Waals surface area contributed by atoms with E-state index in [9.17, 15) is 9.18 Å². The van der Waals surface area contributed by atoms with E-state index >= 15 is 0 Å². The van der Waals surface area contributed by atoms with E-state index in [1.807, 2.05) is 38.2 Å². The largest absolute Gasteiger partial charge is 0.496 e. The van der Waals surface area contributed by atoms with Crippen LogP contribution in [0.5, 0.6) is 5.75 Å². The Hall–Kier alpha value is -2.40. The topological polar surface area (TPSA) is 42.8 Å². The van der Waals surface area contributed by atoms with Crippen molar-refractivity contribution in [2.45, 2.75) is 13.5 Å². The standard InChI is InChI=1S/C18H21FN2O2/c1-13-4-7-16(8-5-13)20-18(22)12-21(2)11-14-10-15(19)6-9-17(14)23-3/h4-10H,11-12H2,1-3H3,(H,20,22)/p+1. The molecule has 0 heterocycles. The van der Waals surface area contributed by atoms with Gasteiger partial charge in [0.05, 0.1) is 19.7 Å². The van der Waals surface area contributed by atoms with Crippen molar-refractivity contribution >= 4 is 11.6 Å². The van der Waals surface area contributed by atoms with Crippen LogP contribution in [0.25, 0.3) is 0 Å². The summed E-state index contributed by atoms with van der Waals surface area (Å²) in [5.41, 5.74) is 2.66. The zero-order chi connectivity index (χ0) is 16.8. The van der Waals surface area contributed by atoms with Crippen molar-refractivity contribution < 1.29 is 18.8 Å². The Bertz CT molecular complexity index is 671. The van der Waals surface area contributed by atoms with E-state index in [1.54, 1.807) is 13.2 Å². The fraction of sp³-hybridized carbons (Fsp3) is 0.278. The number of likely N-dealkylation sites (N-methyl/N-ethyl adjacent to an activating group) is 1. The van der Waals surface area contributed by atoms with Gasteiger partial charge in [0.25, 0.3) is 5.91 Å². The van der Waals surface area contributed by atoms with E-state index in [-0.39, 0.29) is 18.3 Å². The van der Waals surface area contributed by atoms with Crippen molar-refractivity contribution in [2.24, 2.45) is 0 Å². The lowest BCUT2D eigenvalue weighted by Crippen LogP contribution is -3.08. The highest BCUT2D eigenvalue weighted by Crippen LogP contribution is 2.18. The number of carbonyl (C=O) groups excluding carboxylic acids is 1. The Morgan fingerprint density at radius 3 is 2.57 bits per heavy atom. The molecule has 5 heteroatoms. The molecule has 0 aliphatic heterocycles. The highest BCUT2D eigenvalue weighted by molar-refractivity contribution is 5.91. The number of anilines is 1. The van der Waals surface area contributed by atoms with Crippen LogP contribution in [0.15, 0.2) is 42.5 Å². The van der Waals surface area contributed by atoms with Gasteiger partial charge in [0.1, 0.15) is 18.1 Å². The number of benzene rings is 2. The van der Waals surface area contributed by atoms with Crippen LogP contribution in [-0.2, 0) is 11.3 Å². The van der Waals surface area contributed by atoms with Crippen molar-refractivity contribution in [3.63, 3.8) is 0 Å². The molecule has 2 aromatic rings. The molecule has 1 unspecified atom stereocenters. The van der Waals surface area contributed by atoms with Crippen LogP contribution in [-0.4, -0.2) is 26.6 Å². The van der Waals surface area contributed by atoms with Gasteiger partial charge in [-0.05, 0) is 37.3 Å². The Balaban J connectivity index is 1.93. The van der Waals surface area contributed by atoms with Crippen molar-refractivity contribution in [2.75, 3.05) is 26.0 Å². The number of amides is 1. The zero-order valence-corrected chi connectivity index (χ0v) is 13.7. The van der Waals surface area contributed by atoms with Crippen molar-refractivity contribution in [3.8, 4) is 5.75 Å². The van der Waals surface area contributed by atoms with Gasteiger partial charge in [-0.1, -0.05) is 17.7 Å². The van der Waals surface area contributed by atoms with Gasteiger partial charge in [-0.3, -0.25) is 4.79 Å². The third-order valence-corrected chi connectivity index (χ3v) is 3.53. The number of methoxy groups -OCH3 is 1. The molecule has 122 valence electrons. The van der Waals surface area contributed by atoms with E-state index in [1.165, 1.54) is 12.1 Å². The summed E-state index contributed by atoms with van der Waals surface area (Å²) < 4.78 is 18.6. The van der Waals surface area contributed by atoms with E-state index < -0.39 is 0 Å². The Morgan fingerprint density at radius 1 is 1.22 bits per heavy atom. The molecule has 0 saturated carbocycles. The number of halogens is 1. The summed E-state index contributed by atoms with van der Waals surface area (Å²) >= 11 is 0. The number of aryl methyl sites for hydroxylation is 1. The maximum atomic E-state index is 13.4. The number of hydrogen-bond acceptors (Lipinski definition) is 2. The molecule has 2 aromatic carbocycles. The number of ether oxygens (including phenoxy) is 1. The first-order chi connectivity index (χ1) is 11.0. The predicted octanol–water partition coefficient (Wildman–Crippen LogP) is 1.80. The van der Waals surface area contributed by atoms with Gasteiger partial charge in [-0.25, -0.2) is 4.39 Å². The molecule has 1 amide bonds. The molecule has 0 fully saturated rings. The molecule has 0 bridgehead atoms. The lowest BCUT2D eigenvalue weighted by atomic mass is 10.2. The minimum absolute atomic E-state index is 0.0817. The Morgan fingerprint density at radius 2 is 1.91 bits per heavy atom. The third kappa shape index (κ3) is 5.07. The Kier molecular flexibility index (Phi) is 5.71. The second-order valence-electron chi connectivity index (χ2n) is 5.68. The van der Waals surface area contributed by atoms with E-state index in [0.29, 0.717) is 12.3 Å². The zero-order valence-electron chi connectivity index (χ0n) is 13.7. The summed E-state index contributed by atoms with van der Waals surface area (Å²) in [5, 5.41) is 2.86. The fourth-order valence-corrected chi connectivity index (χ4v) is 2.39. The van der Waals surface area contributed by atoms with Gasteiger partial charge < -0.3 is 15.0 Å². The molecule has 2 rings (SSSR count). The smallest absolute Gasteiger partial charge is 0.279 e. The molecule has 0 spiro atoms. The molecule has 1 atom stereocenters. The molecule has 0 aliphatic rings. The first-order valence-electron chi connectivity index (χ1n) is 7.48. The van der Waals surface area contributed by atoms with Gasteiger partial charge in [0, 0.05) is 5.69 Å². The number of carbonyl (C=O) groups is 1. The first-order valence-corrected chi connectivity index (χ1v) is 7.48. The number of nitrogens with one attached hydrogen (secondary N) is 2. The molecular formula is C18H22FN2O2+.